The van der Waals surface area contributed by atoms with Crippen molar-refractivity contribution in [2.75, 3.05) is 17.5 Å². The monoisotopic (exact) mass is 515 g/mol. The molecule has 186 valence electrons. The minimum absolute atomic E-state index is 0.0785. The molecule has 1 aliphatic heterocycles. The maximum absolute atomic E-state index is 14.4. The van der Waals surface area contributed by atoms with Gasteiger partial charge in [0.1, 0.15) is 29.6 Å². The van der Waals surface area contributed by atoms with Crippen LogP contribution < -0.4 is 9.04 Å². The lowest BCUT2D eigenvalue weighted by atomic mass is 10.0. The fraction of sp³-hybridized carbons (Fsp3) is 0.217. The third kappa shape index (κ3) is 4.81. The zero-order valence-electron chi connectivity index (χ0n) is 17.7. The number of aliphatic hydroxyl groups excluding tert-OH is 2. The molecule has 0 radical (unpaired) electrons. The molecule has 2 atom stereocenters. The molecule has 1 aliphatic rings. The summed E-state index contributed by atoms with van der Waals surface area (Å²) < 4.78 is 101. The van der Waals surface area contributed by atoms with Gasteiger partial charge in [0.05, 0.1) is 29.3 Å². The summed E-state index contributed by atoms with van der Waals surface area (Å²) in [6.45, 7) is -1.34. The Labute approximate surface area is 196 Å². The quantitative estimate of drug-likeness (QED) is 0.503. The highest BCUT2D eigenvalue weighted by Crippen LogP contribution is 2.41. The van der Waals surface area contributed by atoms with Crippen molar-refractivity contribution >= 4 is 15.7 Å². The lowest BCUT2D eigenvalue weighted by molar-refractivity contribution is -0.137. The molecule has 1 heterocycles. The maximum Gasteiger partial charge on any atom is 0.416 e. The third-order valence-electron chi connectivity index (χ3n) is 5.46. The van der Waals surface area contributed by atoms with Crippen molar-refractivity contribution in [3.05, 3.63) is 77.9 Å². The summed E-state index contributed by atoms with van der Waals surface area (Å²) in [7, 11) is -4.66. The van der Waals surface area contributed by atoms with Gasteiger partial charge in [0, 0.05) is 5.56 Å². The van der Waals surface area contributed by atoms with Crippen LogP contribution in [0.25, 0.3) is 11.1 Å². The second-order valence-electron chi connectivity index (χ2n) is 7.77. The van der Waals surface area contributed by atoms with E-state index in [4.69, 9.17) is 4.74 Å². The van der Waals surface area contributed by atoms with Crippen LogP contribution in [0.15, 0.2) is 65.6 Å². The van der Waals surface area contributed by atoms with Crippen molar-refractivity contribution < 1.29 is 45.3 Å². The highest BCUT2D eigenvalue weighted by atomic mass is 32.2. The first kappa shape index (κ1) is 24.9. The highest BCUT2D eigenvalue weighted by Gasteiger charge is 2.39. The number of fused-ring (bicyclic) bond motifs is 1. The Hall–Kier alpha value is -3.22. The van der Waals surface area contributed by atoms with Gasteiger partial charge in [-0.05, 0) is 54.1 Å². The van der Waals surface area contributed by atoms with Crippen LogP contribution >= 0.6 is 0 Å². The van der Waals surface area contributed by atoms with Gasteiger partial charge in [-0.3, -0.25) is 4.31 Å². The summed E-state index contributed by atoms with van der Waals surface area (Å²) in [5.41, 5.74) is -1.45. The van der Waals surface area contributed by atoms with E-state index < -0.39 is 63.7 Å². The summed E-state index contributed by atoms with van der Waals surface area (Å²) in [6.07, 6.45) is -7.57. The molecule has 0 aromatic heterocycles. The van der Waals surface area contributed by atoms with Gasteiger partial charge >= 0.3 is 6.18 Å². The molecular weight excluding hydrogens is 497 g/mol. The van der Waals surface area contributed by atoms with Gasteiger partial charge in [-0.2, -0.15) is 13.2 Å². The van der Waals surface area contributed by atoms with Gasteiger partial charge in [-0.15, -0.1) is 0 Å². The Balaban J connectivity index is 1.87. The minimum Gasteiger partial charge on any atom is -0.484 e. The number of benzene rings is 3. The van der Waals surface area contributed by atoms with Gasteiger partial charge in [0.15, 0.2) is 0 Å². The molecule has 0 amide bonds. The number of hydrogen-bond acceptors (Lipinski definition) is 5. The van der Waals surface area contributed by atoms with Crippen LogP contribution in [0.4, 0.5) is 27.6 Å². The predicted octanol–water partition coefficient (Wildman–Crippen LogP) is 3.96. The number of halogens is 5. The number of sulfonamides is 1. The first-order valence-corrected chi connectivity index (χ1v) is 11.6. The van der Waals surface area contributed by atoms with Gasteiger partial charge in [0.25, 0.3) is 10.0 Å². The number of hydrogen-bond donors (Lipinski definition) is 2. The third-order valence-corrected chi connectivity index (χ3v) is 7.23. The van der Waals surface area contributed by atoms with Crippen molar-refractivity contribution in [3.8, 4) is 16.9 Å². The molecule has 0 saturated heterocycles. The highest BCUT2D eigenvalue weighted by molar-refractivity contribution is 7.92. The molecule has 0 aliphatic carbocycles. The van der Waals surface area contributed by atoms with Crippen LogP contribution in [-0.2, 0) is 16.2 Å². The standard InChI is InChI=1S/C23H18F5NO5S/c24-15-5-6-18(25)17(10-15)13-4-7-21-19(8-13)29(11-22(34-21)20(31)12-30)35(32,33)16-3-1-2-14(9-16)23(26,27)28/h1-10,20,22,30-31H,11-12H2/t20-,22-/m1/s1. The molecule has 4 rings (SSSR count). The summed E-state index contributed by atoms with van der Waals surface area (Å²) in [5.74, 6) is -1.62. The van der Waals surface area contributed by atoms with Crippen molar-refractivity contribution in [2.24, 2.45) is 0 Å². The zero-order chi connectivity index (χ0) is 25.5. The average molecular weight is 515 g/mol. The minimum atomic E-state index is -4.80. The van der Waals surface area contributed by atoms with E-state index in [9.17, 15) is 40.6 Å². The van der Waals surface area contributed by atoms with E-state index in [1.807, 2.05) is 0 Å². The number of ether oxygens (including phenoxy) is 1. The SMILES string of the molecule is O=S(=O)(c1cccc(C(F)(F)F)c1)N1C[C@H]([C@H](O)CO)Oc2ccc(-c3cc(F)ccc3F)cc21. The summed E-state index contributed by atoms with van der Waals surface area (Å²) in [4.78, 5) is -0.681. The molecule has 0 fully saturated rings. The summed E-state index contributed by atoms with van der Waals surface area (Å²) >= 11 is 0. The van der Waals surface area contributed by atoms with Crippen molar-refractivity contribution in [3.63, 3.8) is 0 Å². The van der Waals surface area contributed by atoms with Crippen molar-refractivity contribution in [1.29, 1.82) is 0 Å². The lowest BCUT2D eigenvalue weighted by Gasteiger charge is -2.37. The van der Waals surface area contributed by atoms with Crippen LogP contribution in [0.5, 0.6) is 5.75 Å². The maximum atomic E-state index is 14.4. The number of nitrogens with zero attached hydrogens (tertiary/aromatic N) is 1. The van der Waals surface area contributed by atoms with Crippen LogP contribution in [0.1, 0.15) is 5.56 Å². The van der Waals surface area contributed by atoms with E-state index in [2.05, 4.69) is 0 Å². The molecule has 0 unspecified atom stereocenters. The van der Waals surface area contributed by atoms with Gasteiger partial charge in [-0.25, -0.2) is 17.2 Å². The Kier molecular flexibility index (Phi) is 6.47. The number of rotatable bonds is 5. The molecule has 35 heavy (non-hydrogen) atoms. The number of alkyl halides is 3. The van der Waals surface area contributed by atoms with Gasteiger partial charge < -0.3 is 14.9 Å². The van der Waals surface area contributed by atoms with Crippen LogP contribution in [0, 0.1) is 11.6 Å². The first-order valence-electron chi connectivity index (χ1n) is 10.2. The fourth-order valence-corrected chi connectivity index (χ4v) is 5.19. The van der Waals surface area contributed by atoms with Crippen LogP contribution in [-0.4, -0.2) is 44.0 Å². The number of aliphatic hydroxyl groups is 2. The summed E-state index contributed by atoms with van der Waals surface area (Å²) in [6, 6.07) is 9.61. The van der Waals surface area contributed by atoms with E-state index in [0.717, 1.165) is 36.4 Å². The summed E-state index contributed by atoms with van der Waals surface area (Å²) in [5, 5.41) is 19.4. The molecule has 3 aromatic rings. The topological polar surface area (TPSA) is 87.1 Å². The average Bonchev–Trinajstić information content (AvgIpc) is 2.83. The van der Waals surface area contributed by atoms with Crippen molar-refractivity contribution in [2.45, 2.75) is 23.3 Å². The largest absolute Gasteiger partial charge is 0.484 e. The molecule has 12 heteroatoms. The van der Waals surface area contributed by atoms with Crippen LogP contribution in [0.3, 0.4) is 0 Å². The molecule has 2 N–H and O–H groups in total. The Bertz CT molecular complexity index is 1360. The molecule has 0 spiro atoms. The van der Waals surface area contributed by atoms with E-state index in [1.54, 1.807) is 0 Å². The van der Waals surface area contributed by atoms with Crippen molar-refractivity contribution in [1.82, 2.24) is 0 Å². The van der Waals surface area contributed by atoms with Crippen LogP contribution in [0.2, 0.25) is 0 Å². The molecule has 6 nitrogen and oxygen atoms in total. The molecule has 3 aromatic carbocycles. The Morgan fingerprint density at radius 2 is 1.80 bits per heavy atom. The Morgan fingerprint density at radius 1 is 1.06 bits per heavy atom. The first-order chi connectivity index (χ1) is 16.4. The zero-order valence-corrected chi connectivity index (χ0v) is 18.5. The second-order valence-corrected chi connectivity index (χ2v) is 9.64. The van der Waals surface area contributed by atoms with E-state index in [-0.39, 0.29) is 22.6 Å². The number of anilines is 1. The molecule has 0 bridgehead atoms. The van der Waals surface area contributed by atoms with E-state index in [0.29, 0.717) is 10.4 Å². The lowest BCUT2D eigenvalue weighted by Crippen LogP contribution is -2.49. The fourth-order valence-electron chi connectivity index (χ4n) is 3.67. The van der Waals surface area contributed by atoms with Gasteiger partial charge in [-0.1, -0.05) is 12.1 Å². The Morgan fingerprint density at radius 3 is 2.49 bits per heavy atom. The molecular formula is C23H18F5NO5S. The van der Waals surface area contributed by atoms with E-state index in [1.165, 1.54) is 18.2 Å². The molecule has 0 saturated carbocycles. The second kappa shape index (κ2) is 9.10. The normalized spacial score (nSPS) is 17.0. The predicted molar refractivity (Wildman–Crippen MR) is 115 cm³/mol. The van der Waals surface area contributed by atoms with Gasteiger partial charge in [0.2, 0.25) is 0 Å². The van der Waals surface area contributed by atoms with E-state index >= 15 is 0 Å². The smallest absolute Gasteiger partial charge is 0.416 e.